The van der Waals surface area contributed by atoms with Gasteiger partial charge >= 0.3 is 8.80 Å². The van der Waals surface area contributed by atoms with Gasteiger partial charge in [-0.05, 0) is 31.2 Å². The third kappa shape index (κ3) is 7.36. The molecule has 0 amide bonds. The summed E-state index contributed by atoms with van der Waals surface area (Å²) in [5.74, 6) is 0. The van der Waals surface area contributed by atoms with Crippen molar-refractivity contribution >= 4 is 8.80 Å². The minimum atomic E-state index is -2.66. The molecule has 1 rings (SSSR count). The van der Waals surface area contributed by atoms with Gasteiger partial charge < -0.3 is 13.3 Å². The van der Waals surface area contributed by atoms with Crippen molar-refractivity contribution in [2.45, 2.75) is 45.6 Å². The first-order chi connectivity index (χ1) is 10.8. The summed E-state index contributed by atoms with van der Waals surface area (Å²) in [6, 6.07) is 11.1. The maximum atomic E-state index is 6.19. The van der Waals surface area contributed by atoms with Crippen LogP contribution in [0.5, 0.6) is 0 Å². The molecule has 0 bridgehead atoms. The van der Waals surface area contributed by atoms with Gasteiger partial charge in [0.2, 0.25) is 0 Å². The van der Waals surface area contributed by atoms with Crippen molar-refractivity contribution in [1.82, 2.24) is 0 Å². The van der Waals surface area contributed by atoms with Crippen LogP contribution in [0.2, 0.25) is 0 Å². The Morgan fingerprint density at radius 2 is 1.55 bits per heavy atom. The van der Waals surface area contributed by atoms with Crippen molar-refractivity contribution in [3.8, 4) is 0 Å². The molecule has 0 aliphatic carbocycles. The average molecular weight is 323 g/mol. The van der Waals surface area contributed by atoms with Crippen LogP contribution in [0.1, 0.15) is 45.1 Å². The van der Waals surface area contributed by atoms with Gasteiger partial charge in [0.1, 0.15) is 0 Å². The van der Waals surface area contributed by atoms with Crippen molar-refractivity contribution in [3.63, 3.8) is 0 Å². The van der Waals surface area contributed by atoms with Crippen molar-refractivity contribution in [3.05, 3.63) is 48.6 Å². The SMILES string of the molecule is C=CCCCO[Si](Cc1ccccc1)(OCCC)OCCC. The summed E-state index contributed by atoms with van der Waals surface area (Å²) in [7, 11) is -2.66. The van der Waals surface area contributed by atoms with Crippen LogP contribution >= 0.6 is 0 Å². The van der Waals surface area contributed by atoms with E-state index in [1.807, 2.05) is 24.3 Å². The summed E-state index contributed by atoms with van der Waals surface area (Å²) < 4.78 is 18.5. The summed E-state index contributed by atoms with van der Waals surface area (Å²) in [6.45, 7) is 10.0. The van der Waals surface area contributed by atoms with Gasteiger partial charge in [0.25, 0.3) is 0 Å². The first-order valence-electron chi connectivity index (χ1n) is 8.33. The van der Waals surface area contributed by atoms with E-state index in [2.05, 4.69) is 32.6 Å². The van der Waals surface area contributed by atoms with Gasteiger partial charge in [-0.3, -0.25) is 0 Å². The standard InChI is InChI=1S/C18H30O3Si/c1-4-7-11-16-21-22(19-14-5-2,20-15-6-3)17-18-12-9-8-10-13-18/h4,8-10,12-13H,1,5-7,11,14-17H2,2-3H3. The Morgan fingerprint density at radius 1 is 0.955 bits per heavy atom. The zero-order valence-electron chi connectivity index (χ0n) is 14.1. The van der Waals surface area contributed by atoms with Crippen LogP contribution in [0, 0.1) is 0 Å². The molecule has 1 aromatic carbocycles. The van der Waals surface area contributed by atoms with Crippen LogP contribution in [0.3, 0.4) is 0 Å². The maximum Gasteiger partial charge on any atom is 0.505 e. The van der Waals surface area contributed by atoms with Crippen molar-refractivity contribution in [2.75, 3.05) is 19.8 Å². The Balaban J connectivity index is 2.78. The van der Waals surface area contributed by atoms with E-state index >= 15 is 0 Å². The largest absolute Gasteiger partial charge is 0.505 e. The second-order valence-electron chi connectivity index (χ2n) is 5.32. The number of allylic oxidation sites excluding steroid dienone is 1. The van der Waals surface area contributed by atoms with Gasteiger partial charge in [0.15, 0.2) is 0 Å². The molecule has 0 aromatic heterocycles. The minimum absolute atomic E-state index is 0.665. The molecular formula is C18H30O3Si. The van der Waals surface area contributed by atoms with Gasteiger partial charge in [0, 0.05) is 25.9 Å². The highest BCUT2D eigenvalue weighted by Crippen LogP contribution is 2.18. The van der Waals surface area contributed by atoms with E-state index in [1.54, 1.807) is 0 Å². The number of benzene rings is 1. The molecule has 0 saturated heterocycles. The van der Waals surface area contributed by atoms with Crippen molar-refractivity contribution < 1.29 is 13.3 Å². The van der Waals surface area contributed by atoms with Crippen molar-refractivity contribution in [2.24, 2.45) is 0 Å². The molecular weight excluding hydrogens is 292 g/mol. The van der Waals surface area contributed by atoms with E-state index in [0.717, 1.165) is 31.7 Å². The quantitative estimate of drug-likeness (QED) is 0.303. The summed E-state index contributed by atoms with van der Waals surface area (Å²) in [5, 5.41) is 0. The fraction of sp³-hybridized carbons (Fsp3) is 0.556. The average Bonchev–Trinajstić information content (AvgIpc) is 2.56. The van der Waals surface area contributed by atoms with Crippen LogP contribution < -0.4 is 0 Å². The predicted octanol–water partition coefficient (Wildman–Crippen LogP) is 4.54. The Bertz CT molecular complexity index is 387. The van der Waals surface area contributed by atoms with E-state index in [4.69, 9.17) is 13.3 Å². The second-order valence-corrected chi connectivity index (χ2v) is 7.91. The first kappa shape index (κ1) is 19.1. The normalized spacial score (nSPS) is 11.5. The molecule has 0 spiro atoms. The monoisotopic (exact) mass is 322 g/mol. The van der Waals surface area contributed by atoms with Crippen molar-refractivity contribution in [1.29, 1.82) is 0 Å². The van der Waals surface area contributed by atoms with Crippen LogP contribution in [0.25, 0.3) is 0 Å². The Hall–Kier alpha value is -0.943. The van der Waals surface area contributed by atoms with E-state index in [9.17, 15) is 0 Å². The third-order valence-corrected chi connectivity index (χ3v) is 5.96. The molecule has 0 heterocycles. The molecule has 4 heteroatoms. The van der Waals surface area contributed by atoms with Gasteiger partial charge in [-0.2, -0.15) is 0 Å². The molecule has 0 saturated carbocycles. The summed E-state index contributed by atoms with van der Waals surface area (Å²) in [6.07, 6.45) is 5.77. The minimum Gasteiger partial charge on any atom is -0.373 e. The molecule has 0 aliphatic heterocycles. The first-order valence-corrected chi connectivity index (χ1v) is 10.3. The van der Waals surface area contributed by atoms with Crippen LogP contribution in [-0.4, -0.2) is 28.6 Å². The molecule has 124 valence electrons. The fourth-order valence-corrected chi connectivity index (χ4v) is 4.87. The highest BCUT2D eigenvalue weighted by Gasteiger charge is 2.41. The van der Waals surface area contributed by atoms with E-state index < -0.39 is 8.80 Å². The molecule has 22 heavy (non-hydrogen) atoms. The van der Waals surface area contributed by atoms with Gasteiger partial charge in [-0.25, -0.2) is 0 Å². The number of unbranched alkanes of at least 4 members (excludes halogenated alkanes) is 1. The summed E-state index contributed by atoms with van der Waals surface area (Å²) >= 11 is 0. The molecule has 0 atom stereocenters. The molecule has 0 aliphatic rings. The van der Waals surface area contributed by atoms with Gasteiger partial charge in [-0.1, -0.05) is 50.3 Å². The number of rotatable bonds is 13. The Labute approximate surface area is 136 Å². The Morgan fingerprint density at radius 3 is 2.09 bits per heavy atom. The lowest BCUT2D eigenvalue weighted by molar-refractivity contribution is 0.0576. The van der Waals surface area contributed by atoms with E-state index in [1.165, 1.54) is 5.56 Å². The Kier molecular flexibility index (Phi) is 10.1. The molecule has 0 N–H and O–H groups in total. The zero-order valence-corrected chi connectivity index (χ0v) is 15.1. The predicted molar refractivity (Wildman–Crippen MR) is 93.8 cm³/mol. The lowest BCUT2D eigenvalue weighted by Gasteiger charge is -2.30. The third-order valence-electron chi connectivity index (χ3n) is 3.19. The van der Waals surface area contributed by atoms with Gasteiger partial charge in [-0.15, -0.1) is 6.58 Å². The summed E-state index contributed by atoms with van der Waals surface area (Å²) in [4.78, 5) is 0. The van der Waals surface area contributed by atoms with Crippen LogP contribution in [0.15, 0.2) is 43.0 Å². The highest BCUT2D eigenvalue weighted by molar-refractivity contribution is 6.60. The molecule has 0 unspecified atom stereocenters. The topological polar surface area (TPSA) is 27.7 Å². The smallest absolute Gasteiger partial charge is 0.373 e. The van der Waals surface area contributed by atoms with E-state index in [0.29, 0.717) is 19.8 Å². The maximum absolute atomic E-state index is 6.19. The number of hydrogen-bond acceptors (Lipinski definition) is 3. The number of hydrogen-bond donors (Lipinski definition) is 0. The van der Waals surface area contributed by atoms with Crippen LogP contribution in [-0.2, 0) is 19.3 Å². The highest BCUT2D eigenvalue weighted by atomic mass is 28.4. The summed E-state index contributed by atoms with van der Waals surface area (Å²) in [5.41, 5.74) is 1.21. The molecule has 0 radical (unpaired) electrons. The second kappa shape index (κ2) is 11.6. The molecule has 1 aromatic rings. The zero-order chi connectivity index (χ0) is 16.1. The van der Waals surface area contributed by atoms with E-state index in [-0.39, 0.29) is 0 Å². The molecule has 0 fully saturated rings. The molecule has 3 nitrogen and oxygen atoms in total. The lowest BCUT2D eigenvalue weighted by Crippen LogP contribution is -2.49. The van der Waals surface area contributed by atoms with Gasteiger partial charge in [0.05, 0.1) is 0 Å². The fourth-order valence-electron chi connectivity index (χ4n) is 2.09. The van der Waals surface area contributed by atoms with Crippen LogP contribution in [0.4, 0.5) is 0 Å². The lowest BCUT2D eigenvalue weighted by atomic mass is 10.2.